The monoisotopic (exact) mass is 595 g/mol. The summed E-state index contributed by atoms with van der Waals surface area (Å²) in [5.74, 6) is -0.792. The topological polar surface area (TPSA) is 130 Å². The van der Waals surface area contributed by atoms with Crippen molar-refractivity contribution in [2.24, 2.45) is 0 Å². The van der Waals surface area contributed by atoms with E-state index in [4.69, 9.17) is 0 Å². The second-order valence-electron chi connectivity index (χ2n) is 9.61. The molecule has 3 aromatic heterocycles. The van der Waals surface area contributed by atoms with Gasteiger partial charge in [-0.2, -0.15) is 5.10 Å². The summed E-state index contributed by atoms with van der Waals surface area (Å²) in [4.78, 5) is 26.5. The van der Waals surface area contributed by atoms with E-state index in [0.717, 1.165) is 10.0 Å². The van der Waals surface area contributed by atoms with Crippen LogP contribution in [0.25, 0.3) is 44.7 Å². The van der Waals surface area contributed by atoms with Gasteiger partial charge in [0.05, 0.1) is 21.1 Å². The Morgan fingerprint density at radius 2 is 1.67 bits per heavy atom. The first kappa shape index (κ1) is 27.7. The number of nitro groups is 1. The van der Waals surface area contributed by atoms with Crippen LogP contribution in [-0.2, 0) is 16.6 Å². The molecule has 0 aliphatic carbocycles. The first-order valence-corrected chi connectivity index (χ1v) is 14.6. The first-order chi connectivity index (χ1) is 20.7. The zero-order valence-corrected chi connectivity index (χ0v) is 23.4. The number of carbonyl (C=O) groups excluding carboxylic acids is 1. The van der Waals surface area contributed by atoms with Crippen LogP contribution in [0.1, 0.15) is 17.3 Å². The minimum absolute atomic E-state index is 0.0105. The van der Waals surface area contributed by atoms with Crippen LogP contribution in [-0.4, -0.2) is 38.4 Å². The van der Waals surface area contributed by atoms with Crippen molar-refractivity contribution in [1.82, 2.24) is 18.7 Å². The lowest BCUT2D eigenvalue weighted by atomic mass is 10.00. The molecule has 0 aliphatic rings. The van der Waals surface area contributed by atoms with Crippen LogP contribution in [0.4, 0.5) is 10.1 Å². The Balaban J connectivity index is 1.64. The maximum Gasteiger partial charge on any atom is 0.269 e. The van der Waals surface area contributed by atoms with E-state index in [2.05, 4.69) is 10.1 Å². The molecule has 0 N–H and O–H groups in total. The van der Waals surface area contributed by atoms with Crippen LogP contribution in [0, 0.1) is 15.9 Å². The van der Waals surface area contributed by atoms with Crippen LogP contribution >= 0.6 is 0 Å². The second kappa shape index (κ2) is 10.7. The van der Waals surface area contributed by atoms with E-state index in [1.807, 2.05) is 13.1 Å². The lowest BCUT2D eigenvalue weighted by molar-refractivity contribution is -0.384. The fourth-order valence-electron chi connectivity index (χ4n) is 4.97. The summed E-state index contributed by atoms with van der Waals surface area (Å²) in [6.45, 7) is 2.45. The number of nitrogens with zero attached hydrogens (tertiary/aromatic N) is 5. The molecular weight excluding hydrogens is 573 g/mol. The molecule has 3 aromatic carbocycles. The summed E-state index contributed by atoms with van der Waals surface area (Å²) < 4.78 is 45.7. The summed E-state index contributed by atoms with van der Waals surface area (Å²) in [6, 6.07) is 21.1. The zero-order chi connectivity index (χ0) is 30.3. The molecular formula is C31H22FN5O5S. The number of hydrogen-bond acceptors (Lipinski definition) is 7. The number of nitro benzene ring substituents is 1. The highest BCUT2D eigenvalue weighted by Gasteiger charge is 2.27. The number of pyridine rings is 1. The Bertz CT molecular complexity index is 2140. The van der Waals surface area contributed by atoms with Gasteiger partial charge in [-0.1, -0.05) is 24.3 Å². The molecule has 0 amide bonds. The van der Waals surface area contributed by atoms with Crippen LogP contribution in [0.2, 0.25) is 0 Å². The Kier molecular flexibility index (Phi) is 6.90. The zero-order valence-electron chi connectivity index (χ0n) is 22.6. The standard InChI is InChI=1S/C31H22FN5O5S/c1-2-35-18-27(30(34-35)20-10-12-23(13-11-20)37(39)40)25-14-15-33-31-26(25)17-29(21-8-9-22(19-38)28(32)16-21)36(31)43(41,42)24-6-4-3-5-7-24/h3-19H,2H2,1H3. The molecule has 6 aromatic rings. The Hall–Kier alpha value is -5.49. The predicted molar refractivity (Wildman–Crippen MR) is 159 cm³/mol. The van der Waals surface area contributed by atoms with Crippen molar-refractivity contribution in [3.05, 3.63) is 119 Å². The number of halogens is 1. The van der Waals surface area contributed by atoms with Crippen LogP contribution < -0.4 is 0 Å². The fraction of sp³-hybridized carbons (Fsp3) is 0.0645. The summed E-state index contributed by atoms with van der Waals surface area (Å²) in [7, 11) is -4.23. The van der Waals surface area contributed by atoms with Gasteiger partial charge >= 0.3 is 0 Å². The van der Waals surface area contributed by atoms with E-state index in [-0.39, 0.29) is 33.1 Å². The third-order valence-corrected chi connectivity index (χ3v) is 8.81. The number of aldehydes is 1. The molecule has 0 saturated heterocycles. The molecule has 0 aliphatic heterocycles. The summed E-state index contributed by atoms with van der Waals surface area (Å²) in [5.41, 5.74) is 2.67. The van der Waals surface area contributed by atoms with Crippen molar-refractivity contribution in [3.63, 3.8) is 0 Å². The van der Waals surface area contributed by atoms with Crippen LogP contribution in [0.3, 0.4) is 0 Å². The molecule has 12 heteroatoms. The Morgan fingerprint density at radius 3 is 2.33 bits per heavy atom. The molecule has 43 heavy (non-hydrogen) atoms. The largest absolute Gasteiger partial charge is 0.298 e. The fourth-order valence-corrected chi connectivity index (χ4v) is 6.47. The van der Waals surface area contributed by atoms with Gasteiger partial charge in [0.25, 0.3) is 15.7 Å². The number of rotatable bonds is 8. The van der Waals surface area contributed by atoms with Gasteiger partial charge in [-0.3, -0.25) is 19.6 Å². The van der Waals surface area contributed by atoms with Gasteiger partial charge in [0.2, 0.25) is 0 Å². The number of non-ortho nitro benzene ring substituents is 1. The lowest BCUT2D eigenvalue weighted by Crippen LogP contribution is -2.14. The van der Waals surface area contributed by atoms with E-state index >= 15 is 0 Å². The number of benzene rings is 3. The van der Waals surface area contributed by atoms with Gasteiger partial charge < -0.3 is 0 Å². The van der Waals surface area contributed by atoms with Gasteiger partial charge in [-0.05, 0) is 61.0 Å². The van der Waals surface area contributed by atoms with Crippen molar-refractivity contribution in [2.75, 3.05) is 0 Å². The minimum Gasteiger partial charge on any atom is -0.298 e. The number of hydrogen-bond donors (Lipinski definition) is 0. The molecule has 0 bridgehead atoms. The SMILES string of the molecule is CCn1cc(-c2ccnc3c2cc(-c2ccc(C=O)c(F)c2)n3S(=O)(=O)c2ccccc2)c(-c2ccc([N+](=O)[O-])cc2)n1. The molecule has 6 rings (SSSR count). The number of aryl methyl sites for hydroxylation is 1. The van der Waals surface area contributed by atoms with Crippen molar-refractivity contribution in [3.8, 4) is 33.6 Å². The average Bonchev–Trinajstić information content (AvgIpc) is 3.64. The van der Waals surface area contributed by atoms with E-state index in [1.54, 1.807) is 47.1 Å². The van der Waals surface area contributed by atoms with Gasteiger partial charge in [-0.15, -0.1) is 0 Å². The number of aromatic nitrogens is 4. The summed E-state index contributed by atoms with van der Waals surface area (Å²) in [5, 5.41) is 16.4. The summed E-state index contributed by atoms with van der Waals surface area (Å²) in [6.07, 6.45) is 3.68. The second-order valence-corrected chi connectivity index (χ2v) is 11.4. The van der Waals surface area contributed by atoms with E-state index in [0.29, 0.717) is 40.6 Å². The van der Waals surface area contributed by atoms with E-state index in [9.17, 15) is 27.7 Å². The normalized spacial score (nSPS) is 11.6. The predicted octanol–water partition coefficient (Wildman–Crippen LogP) is 6.35. The first-order valence-electron chi connectivity index (χ1n) is 13.1. The molecule has 0 spiro atoms. The molecule has 0 unspecified atom stereocenters. The highest BCUT2D eigenvalue weighted by Crippen LogP contribution is 2.40. The highest BCUT2D eigenvalue weighted by atomic mass is 32.2. The van der Waals surface area contributed by atoms with E-state index < -0.39 is 20.8 Å². The third-order valence-electron chi connectivity index (χ3n) is 7.09. The Morgan fingerprint density at radius 1 is 0.953 bits per heavy atom. The smallest absolute Gasteiger partial charge is 0.269 e. The van der Waals surface area contributed by atoms with Gasteiger partial charge in [0.15, 0.2) is 11.9 Å². The van der Waals surface area contributed by atoms with Crippen molar-refractivity contribution in [1.29, 1.82) is 0 Å². The summed E-state index contributed by atoms with van der Waals surface area (Å²) >= 11 is 0. The van der Waals surface area contributed by atoms with Gasteiger partial charge in [-0.25, -0.2) is 21.8 Å². The lowest BCUT2D eigenvalue weighted by Gasteiger charge is -2.12. The minimum atomic E-state index is -4.23. The van der Waals surface area contributed by atoms with Crippen molar-refractivity contribution >= 4 is 33.0 Å². The molecule has 0 saturated carbocycles. The van der Waals surface area contributed by atoms with Crippen LogP contribution in [0.15, 0.2) is 102 Å². The molecule has 0 atom stereocenters. The number of fused-ring (bicyclic) bond motifs is 1. The molecule has 10 nitrogen and oxygen atoms in total. The molecule has 214 valence electrons. The maximum absolute atomic E-state index is 14.8. The Labute approximate surface area is 244 Å². The average molecular weight is 596 g/mol. The van der Waals surface area contributed by atoms with Crippen LogP contribution in [0.5, 0.6) is 0 Å². The molecule has 0 radical (unpaired) electrons. The van der Waals surface area contributed by atoms with Crippen molar-refractivity contribution < 1.29 is 22.5 Å². The van der Waals surface area contributed by atoms with Gasteiger partial charge in [0, 0.05) is 53.1 Å². The highest BCUT2D eigenvalue weighted by molar-refractivity contribution is 7.90. The maximum atomic E-state index is 14.8. The molecule has 3 heterocycles. The van der Waals surface area contributed by atoms with Gasteiger partial charge in [0.1, 0.15) is 11.5 Å². The van der Waals surface area contributed by atoms with E-state index in [1.165, 1.54) is 42.6 Å². The molecule has 0 fully saturated rings. The number of carbonyl (C=O) groups is 1. The third kappa shape index (κ3) is 4.77. The van der Waals surface area contributed by atoms with Crippen molar-refractivity contribution in [2.45, 2.75) is 18.4 Å². The quantitative estimate of drug-likeness (QED) is 0.114.